The van der Waals surface area contributed by atoms with Gasteiger partial charge in [0.15, 0.2) is 0 Å². The van der Waals surface area contributed by atoms with E-state index < -0.39 is 30.1 Å². The second-order valence-electron chi connectivity index (χ2n) is 9.66. The highest BCUT2D eigenvalue weighted by Gasteiger charge is 2.30. The van der Waals surface area contributed by atoms with E-state index in [1.165, 1.54) is 12.7 Å². The van der Waals surface area contributed by atoms with E-state index >= 15 is 0 Å². The van der Waals surface area contributed by atoms with E-state index in [1.807, 2.05) is 54.6 Å². The number of hydrogen-bond donors (Lipinski definition) is 2. The molecular formula is C27H36N2O5. The average molecular weight is 469 g/mol. The van der Waals surface area contributed by atoms with Crippen LogP contribution in [0, 0.1) is 5.92 Å². The summed E-state index contributed by atoms with van der Waals surface area (Å²) >= 11 is 0. The van der Waals surface area contributed by atoms with Crippen molar-refractivity contribution in [2.45, 2.75) is 65.1 Å². The molecule has 0 fully saturated rings. The van der Waals surface area contributed by atoms with Crippen LogP contribution >= 0.6 is 0 Å². The molecule has 0 aliphatic carbocycles. The summed E-state index contributed by atoms with van der Waals surface area (Å²) in [6, 6.07) is 15.4. The lowest BCUT2D eigenvalue weighted by molar-refractivity contribution is -0.145. The number of nitrogens with one attached hydrogen (secondary N) is 2. The molecule has 184 valence electrons. The van der Waals surface area contributed by atoms with E-state index in [0.717, 1.165) is 11.1 Å². The third-order valence-electron chi connectivity index (χ3n) is 5.50. The number of carbonyl (C=O) groups excluding carboxylic acids is 3. The highest BCUT2D eigenvalue weighted by molar-refractivity contribution is 5.90. The Morgan fingerprint density at radius 3 is 2.03 bits per heavy atom. The number of esters is 1. The lowest BCUT2D eigenvalue weighted by Crippen LogP contribution is -2.54. The van der Waals surface area contributed by atoms with E-state index in [1.54, 1.807) is 13.8 Å². The van der Waals surface area contributed by atoms with E-state index in [2.05, 4.69) is 31.4 Å². The number of benzene rings is 2. The van der Waals surface area contributed by atoms with Crippen LogP contribution in [0.25, 0.3) is 0 Å². The number of carbonyl (C=O) groups is 3. The van der Waals surface area contributed by atoms with Crippen molar-refractivity contribution in [2.75, 3.05) is 7.11 Å². The Balaban J connectivity index is 2.04. The van der Waals surface area contributed by atoms with Crippen molar-refractivity contribution in [3.63, 3.8) is 0 Å². The van der Waals surface area contributed by atoms with Crippen LogP contribution in [0.3, 0.4) is 0 Å². The minimum absolute atomic E-state index is 0.0137. The minimum atomic E-state index is -0.888. The summed E-state index contributed by atoms with van der Waals surface area (Å²) in [5.41, 5.74) is 2.92. The second kappa shape index (κ2) is 12.2. The second-order valence-corrected chi connectivity index (χ2v) is 9.66. The molecule has 0 aliphatic rings. The van der Waals surface area contributed by atoms with Crippen LogP contribution in [0.4, 0.5) is 4.79 Å². The van der Waals surface area contributed by atoms with Crippen LogP contribution < -0.4 is 10.6 Å². The minimum Gasteiger partial charge on any atom is -0.467 e. The van der Waals surface area contributed by atoms with Gasteiger partial charge in [-0.15, -0.1) is 0 Å². The molecule has 2 N–H and O–H groups in total. The highest BCUT2D eigenvalue weighted by Crippen LogP contribution is 2.22. The van der Waals surface area contributed by atoms with Gasteiger partial charge in [0, 0.05) is 6.42 Å². The van der Waals surface area contributed by atoms with Gasteiger partial charge >= 0.3 is 12.1 Å². The molecule has 2 rings (SSSR count). The van der Waals surface area contributed by atoms with Crippen LogP contribution in [0.5, 0.6) is 0 Å². The van der Waals surface area contributed by atoms with Gasteiger partial charge in [-0.1, -0.05) is 89.2 Å². The predicted molar refractivity (Wildman–Crippen MR) is 131 cm³/mol. The van der Waals surface area contributed by atoms with Gasteiger partial charge in [-0.3, -0.25) is 4.79 Å². The number of rotatable bonds is 9. The first-order valence-electron chi connectivity index (χ1n) is 11.5. The standard InChI is InChI=1S/C27H36N2O5/c1-18(2)23(29-26(32)34-17-20-10-8-7-9-11-20)24(30)28-22(25(31)33-6)16-19-12-14-21(15-13-19)27(3,4)5/h7-15,18,22-23H,16-17H2,1-6H3,(H,28,30)(H,29,32)/t22-,23+/m1/s1. The first kappa shape index (κ1) is 26.9. The molecule has 2 amide bonds. The molecule has 34 heavy (non-hydrogen) atoms. The molecule has 0 aromatic heterocycles. The first-order valence-corrected chi connectivity index (χ1v) is 11.5. The summed E-state index contributed by atoms with van der Waals surface area (Å²) in [6.07, 6.45) is -0.434. The lowest BCUT2D eigenvalue weighted by atomic mass is 9.86. The molecule has 0 spiro atoms. The van der Waals surface area contributed by atoms with Gasteiger partial charge in [-0.05, 0) is 28.0 Å². The van der Waals surface area contributed by atoms with Gasteiger partial charge < -0.3 is 20.1 Å². The average Bonchev–Trinajstić information content (AvgIpc) is 2.80. The summed E-state index contributed by atoms with van der Waals surface area (Å²) in [6.45, 7) is 10.1. The maximum Gasteiger partial charge on any atom is 0.408 e. The van der Waals surface area contributed by atoms with Gasteiger partial charge in [-0.25, -0.2) is 9.59 Å². The zero-order valence-electron chi connectivity index (χ0n) is 20.9. The molecule has 0 radical (unpaired) electrons. The molecular weight excluding hydrogens is 432 g/mol. The normalized spacial score (nSPS) is 13.0. The molecule has 0 saturated heterocycles. The number of ether oxygens (including phenoxy) is 2. The van der Waals surface area contributed by atoms with Crippen molar-refractivity contribution < 1.29 is 23.9 Å². The van der Waals surface area contributed by atoms with Gasteiger partial charge in [0.05, 0.1) is 7.11 Å². The summed E-state index contributed by atoms with van der Waals surface area (Å²) in [4.78, 5) is 37.7. The maximum atomic E-state index is 13.0. The van der Waals surface area contributed by atoms with E-state index in [0.29, 0.717) is 0 Å². The number of methoxy groups -OCH3 is 1. The quantitative estimate of drug-likeness (QED) is 0.540. The summed E-state index contributed by atoms with van der Waals surface area (Å²) in [7, 11) is 1.28. The number of hydrogen-bond acceptors (Lipinski definition) is 5. The Labute approximate surface area is 202 Å². The summed E-state index contributed by atoms with van der Waals surface area (Å²) in [5.74, 6) is -1.26. The van der Waals surface area contributed by atoms with Crippen LogP contribution in [0.1, 0.15) is 51.3 Å². The zero-order chi connectivity index (χ0) is 25.3. The summed E-state index contributed by atoms with van der Waals surface area (Å²) in [5, 5.41) is 5.35. The van der Waals surface area contributed by atoms with Gasteiger partial charge in [-0.2, -0.15) is 0 Å². The van der Waals surface area contributed by atoms with Gasteiger partial charge in [0.1, 0.15) is 18.7 Å². The molecule has 2 aromatic rings. The largest absolute Gasteiger partial charge is 0.467 e. The van der Waals surface area contributed by atoms with Crippen LogP contribution in [0.15, 0.2) is 54.6 Å². The van der Waals surface area contributed by atoms with Crippen molar-refractivity contribution >= 4 is 18.0 Å². The Morgan fingerprint density at radius 1 is 0.882 bits per heavy atom. The molecule has 0 heterocycles. The SMILES string of the molecule is COC(=O)[C@@H](Cc1ccc(C(C)(C)C)cc1)NC(=O)[C@@H](NC(=O)OCc1ccccc1)C(C)C. The van der Waals surface area contributed by atoms with Crippen molar-refractivity contribution in [1.29, 1.82) is 0 Å². The Morgan fingerprint density at radius 2 is 1.50 bits per heavy atom. The first-order chi connectivity index (χ1) is 16.0. The zero-order valence-corrected chi connectivity index (χ0v) is 20.9. The fraction of sp³-hybridized carbons (Fsp3) is 0.444. The Bertz CT molecular complexity index is 949. The van der Waals surface area contributed by atoms with Crippen molar-refractivity contribution in [3.05, 3.63) is 71.3 Å². The molecule has 0 aliphatic heterocycles. The van der Waals surface area contributed by atoms with Crippen LogP contribution in [-0.4, -0.2) is 37.2 Å². The van der Waals surface area contributed by atoms with Crippen molar-refractivity contribution in [3.8, 4) is 0 Å². The Hall–Kier alpha value is -3.35. The Kier molecular flexibility index (Phi) is 9.66. The van der Waals surface area contributed by atoms with Gasteiger partial charge in [0.25, 0.3) is 0 Å². The topological polar surface area (TPSA) is 93.7 Å². The molecule has 0 bridgehead atoms. The molecule has 7 heteroatoms. The van der Waals surface area contributed by atoms with Gasteiger partial charge in [0.2, 0.25) is 5.91 Å². The smallest absolute Gasteiger partial charge is 0.408 e. The fourth-order valence-corrected chi connectivity index (χ4v) is 3.40. The number of alkyl carbamates (subject to hydrolysis) is 1. The number of amides is 2. The monoisotopic (exact) mass is 468 g/mol. The maximum absolute atomic E-state index is 13.0. The molecule has 0 unspecified atom stereocenters. The van der Waals surface area contributed by atoms with E-state index in [9.17, 15) is 14.4 Å². The lowest BCUT2D eigenvalue weighted by Gasteiger charge is -2.24. The third-order valence-corrected chi connectivity index (χ3v) is 5.50. The molecule has 7 nitrogen and oxygen atoms in total. The van der Waals surface area contributed by atoms with Crippen molar-refractivity contribution in [2.24, 2.45) is 5.92 Å². The highest BCUT2D eigenvalue weighted by atomic mass is 16.5. The van der Waals surface area contributed by atoms with E-state index in [-0.39, 0.29) is 24.4 Å². The fourth-order valence-electron chi connectivity index (χ4n) is 3.40. The van der Waals surface area contributed by atoms with Crippen molar-refractivity contribution in [1.82, 2.24) is 10.6 Å². The molecule has 2 atom stereocenters. The molecule has 2 aromatic carbocycles. The van der Waals surface area contributed by atoms with Crippen LogP contribution in [-0.2, 0) is 37.5 Å². The molecule has 0 saturated carbocycles. The van der Waals surface area contributed by atoms with E-state index in [4.69, 9.17) is 9.47 Å². The predicted octanol–water partition coefficient (Wildman–Crippen LogP) is 4.14. The van der Waals surface area contributed by atoms with Crippen LogP contribution in [0.2, 0.25) is 0 Å². The third kappa shape index (κ3) is 8.21. The summed E-state index contributed by atoms with van der Waals surface area (Å²) < 4.78 is 10.2.